The molecule has 1 heterocycles. The molecule has 78 valence electrons. The van der Waals surface area contributed by atoms with Gasteiger partial charge in [-0.15, -0.1) is 0 Å². The van der Waals surface area contributed by atoms with Crippen LogP contribution in [-0.4, -0.2) is 10.6 Å². The molecule has 1 rings (SSSR count). The van der Waals surface area contributed by atoms with Crippen molar-refractivity contribution in [2.45, 2.75) is 39.3 Å². The number of aromatic nitrogens is 1. The number of ether oxygens (including phenoxy) is 1. The molecule has 14 heavy (non-hydrogen) atoms. The van der Waals surface area contributed by atoms with E-state index in [0.29, 0.717) is 6.54 Å². The van der Waals surface area contributed by atoms with Crippen LogP contribution in [0.15, 0.2) is 18.5 Å². The molecule has 0 bridgehead atoms. The summed E-state index contributed by atoms with van der Waals surface area (Å²) >= 11 is 0. The maximum atomic E-state index is 5.83. The second kappa shape index (κ2) is 4.42. The highest BCUT2D eigenvalue weighted by Crippen LogP contribution is 2.23. The minimum Gasteiger partial charge on any atom is -0.486 e. The molecule has 0 radical (unpaired) electrons. The summed E-state index contributed by atoms with van der Waals surface area (Å²) in [5.41, 5.74) is 6.44. The standard InChI is InChI=1S/C11H18N2O/c1-4-11(2,3)14-10-8-13-6-5-9(10)7-12/h5-6,8H,4,7,12H2,1-3H3. The van der Waals surface area contributed by atoms with Crippen LogP contribution in [0.3, 0.4) is 0 Å². The van der Waals surface area contributed by atoms with Gasteiger partial charge in [-0.3, -0.25) is 4.98 Å². The lowest BCUT2D eigenvalue weighted by Crippen LogP contribution is -2.27. The lowest BCUT2D eigenvalue weighted by Gasteiger charge is -2.25. The van der Waals surface area contributed by atoms with Gasteiger partial charge in [0.1, 0.15) is 11.4 Å². The van der Waals surface area contributed by atoms with E-state index in [0.717, 1.165) is 17.7 Å². The zero-order valence-corrected chi connectivity index (χ0v) is 9.08. The van der Waals surface area contributed by atoms with Crippen molar-refractivity contribution in [1.29, 1.82) is 0 Å². The van der Waals surface area contributed by atoms with E-state index in [-0.39, 0.29) is 5.60 Å². The molecule has 1 aromatic heterocycles. The Kier molecular flexibility index (Phi) is 3.47. The van der Waals surface area contributed by atoms with E-state index in [9.17, 15) is 0 Å². The molecule has 0 atom stereocenters. The Bertz CT molecular complexity index is 297. The van der Waals surface area contributed by atoms with E-state index in [4.69, 9.17) is 10.5 Å². The van der Waals surface area contributed by atoms with Crippen molar-refractivity contribution < 1.29 is 4.74 Å². The Balaban J connectivity index is 2.85. The lowest BCUT2D eigenvalue weighted by molar-refractivity contribution is 0.103. The molecular weight excluding hydrogens is 176 g/mol. The summed E-state index contributed by atoms with van der Waals surface area (Å²) in [5.74, 6) is 0.793. The fourth-order valence-corrected chi connectivity index (χ4v) is 1.04. The number of pyridine rings is 1. The first-order chi connectivity index (χ1) is 6.59. The number of hydrogen-bond donors (Lipinski definition) is 1. The summed E-state index contributed by atoms with van der Waals surface area (Å²) in [5, 5.41) is 0. The SMILES string of the molecule is CCC(C)(C)Oc1cnccc1CN. The third-order valence-electron chi connectivity index (χ3n) is 2.33. The monoisotopic (exact) mass is 194 g/mol. The second-order valence-corrected chi connectivity index (χ2v) is 3.90. The van der Waals surface area contributed by atoms with Crippen molar-refractivity contribution in [2.24, 2.45) is 5.73 Å². The van der Waals surface area contributed by atoms with Gasteiger partial charge in [-0.2, -0.15) is 0 Å². The zero-order chi connectivity index (χ0) is 10.6. The van der Waals surface area contributed by atoms with Gasteiger partial charge in [0.05, 0.1) is 6.20 Å². The molecular formula is C11H18N2O. The fourth-order valence-electron chi connectivity index (χ4n) is 1.04. The maximum Gasteiger partial charge on any atom is 0.142 e. The summed E-state index contributed by atoms with van der Waals surface area (Å²) in [7, 11) is 0. The molecule has 2 N–H and O–H groups in total. The second-order valence-electron chi connectivity index (χ2n) is 3.90. The summed E-state index contributed by atoms with van der Waals surface area (Å²) in [4.78, 5) is 4.03. The van der Waals surface area contributed by atoms with Gasteiger partial charge in [-0.1, -0.05) is 6.92 Å². The van der Waals surface area contributed by atoms with Crippen LogP contribution >= 0.6 is 0 Å². The van der Waals surface area contributed by atoms with Crippen LogP contribution in [0.2, 0.25) is 0 Å². The highest BCUT2D eigenvalue weighted by molar-refractivity contribution is 5.30. The molecule has 0 saturated carbocycles. The molecule has 0 amide bonds. The van der Waals surface area contributed by atoms with E-state index in [1.54, 1.807) is 12.4 Å². The van der Waals surface area contributed by atoms with Gasteiger partial charge in [-0.05, 0) is 26.3 Å². The quantitative estimate of drug-likeness (QED) is 0.798. The fraction of sp³-hybridized carbons (Fsp3) is 0.545. The molecule has 0 aromatic carbocycles. The summed E-state index contributed by atoms with van der Waals surface area (Å²) in [6.07, 6.45) is 4.40. The molecule has 3 heteroatoms. The molecule has 0 fully saturated rings. The average Bonchev–Trinajstić information content (AvgIpc) is 2.18. The number of hydrogen-bond acceptors (Lipinski definition) is 3. The molecule has 3 nitrogen and oxygen atoms in total. The number of nitrogens with two attached hydrogens (primary N) is 1. The van der Waals surface area contributed by atoms with Crippen LogP contribution in [0, 0.1) is 0 Å². The van der Waals surface area contributed by atoms with Crippen LogP contribution in [0.25, 0.3) is 0 Å². The maximum absolute atomic E-state index is 5.83. The molecule has 0 unspecified atom stereocenters. The van der Waals surface area contributed by atoms with E-state index >= 15 is 0 Å². The number of rotatable bonds is 4. The Morgan fingerprint density at radius 2 is 2.21 bits per heavy atom. The minimum absolute atomic E-state index is 0.160. The Labute approximate surface area is 85.3 Å². The smallest absolute Gasteiger partial charge is 0.142 e. The third kappa shape index (κ3) is 2.70. The highest BCUT2D eigenvalue weighted by Gasteiger charge is 2.18. The number of nitrogens with zero attached hydrogens (tertiary/aromatic N) is 1. The van der Waals surface area contributed by atoms with Crippen molar-refractivity contribution in [2.75, 3.05) is 0 Å². The molecule has 0 saturated heterocycles. The highest BCUT2D eigenvalue weighted by atomic mass is 16.5. The summed E-state index contributed by atoms with van der Waals surface area (Å²) in [6, 6.07) is 1.89. The van der Waals surface area contributed by atoms with E-state index in [2.05, 4.69) is 25.8 Å². The average molecular weight is 194 g/mol. The van der Waals surface area contributed by atoms with Gasteiger partial charge in [0.15, 0.2) is 0 Å². The van der Waals surface area contributed by atoms with Crippen molar-refractivity contribution in [3.8, 4) is 5.75 Å². The van der Waals surface area contributed by atoms with Crippen molar-refractivity contribution in [3.05, 3.63) is 24.0 Å². The van der Waals surface area contributed by atoms with Gasteiger partial charge in [0.2, 0.25) is 0 Å². The van der Waals surface area contributed by atoms with E-state index in [1.165, 1.54) is 0 Å². The Hall–Kier alpha value is -1.09. The van der Waals surface area contributed by atoms with Crippen LogP contribution < -0.4 is 10.5 Å². The molecule has 0 aliphatic carbocycles. The van der Waals surface area contributed by atoms with Crippen LogP contribution in [-0.2, 0) is 6.54 Å². The molecule has 1 aromatic rings. The zero-order valence-electron chi connectivity index (χ0n) is 9.08. The summed E-state index contributed by atoms with van der Waals surface area (Å²) < 4.78 is 5.83. The van der Waals surface area contributed by atoms with Gasteiger partial charge in [-0.25, -0.2) is 0 Å². The van der Waals surface area contributed by atoms with Gasteiger partial charge in [0.25, 0.3) is 0 Å². The van der Waals surface area contributed by atoms with Crippen molar-refractivity contribution >= 4 is 0 Å². The van der Waals surface area contributed by atoms with Crippen LogP contribution in [0.5, 0.6) is 5.75 Å². The minimum atomic E-state index is -0.160. The van der Waals surface area contributed by atoms with Crippen molar-refractivity contribution in [1.82, 2.24) is 4.98 Å². The largest absolute Gasteiger partial charge is 0.486 e. The Morgan fingerprint density at radius 3 is 2.79 bits per heavy atom. The lowest BCUT2D eigenvalue weighted by atomic mass is 10.1. The predicted molar refractivity (Wildman–Crippen MR) is 57.1 cm³/mol. The normalized spacial score (nSPS) is 11.4. The van der Waals surface area contributed by atoms with Crippen LogP contribution in [0.4, 0.5) is 0 Å². The predicted octanol–water partition coefficient (Wildman–Crippen LogP) is 2.11. The summed E-state index contributed by atoms with van der Waals surface area (Å²) in [6.45, 7) is 6.69. The van der Waals surface area contributed by atoms with Gasteiger partial charge >= 0.3 is 0 Å². The van der Waals surface area contributed by atoms with E-state index in [1.807, 2.05) is 6.07 Å². The molecule has 0 aliphatic heterocycles. The van der Waals surface area contributed by atoms with Gasteiger partial charge < -0.3 is 10.5 Å². The van der Waals surface area contributed by atoms with Gasteiger partial charge in [0, 0.05) is 18.3 Å². The first kappa shape index (κ1) is 11.0. The molecule has 0 aliphatic rings. The third-order valence-corrected chi connectivity index (χ3v) is 2.33. The van der Waals surface area contributed by atoms with Crippen LogP contribution in [0.1, 0.15) is 32.8 Å². The van der Waals surface area contributed by atoms with Crippen molar-refractivity contribution in [3.63, 3.8) is 0 Å². The van der Waals surface area contributed by atoms with E-state index < -0.39 is 0 Å². The Morgan fingerprint density at radius 1 is 1.50 bits per heavy atom. The molecule has 0 spiro atoms. The topological polar surface area (TPSA) is 48.1 Å². The first-order valence-electron chi connectivity index (χ1n) is 4.91. The first-order valence-corrected chi connectivity index (χ1v) is 4.91.